The van der Waals surface area contributed by atoms with Crippen LogP contribution in [0.15, 0.2) is 36.4 Å². The molecule has 8 nitrogen and oxygen atoms in total. The van der Waals surface area contributed by atoms with Crippen molar-refractivity contribution in [1.82, 2.24) is 0 Å². The van der Waals surface area contributed by atoms with Gasteiger partial charge in [-0.05, 0) is 32.9 Å². The number of rotatable bonds is 4. The standard InChI is InChI=1S/C21H24N2O6/c1-21(2,3)29-20(25)23-17-13(9-7-11-15(17)27-5)18-12-8-6-10-14(26-4)16(12)22-19(24)28-18/h6-11,18H,1-5H3,(H,22,24)(H,23,25)/t18-/m1/s1. The number of methoxy groups -OCH3 is 2. The van der Waals surface area contributed by atoms with Crippen LogP contribution in [0.25, 0.3) is 0 Å². The zero-order valence-electron chi connectivity index (χ0n) is 17.0. The van der Waals surface area contributed by atoms with Crippen molar-refractivity contribution in [3.05, 3.63) is 47.5 Å². The normalized spacial score (nSPS) is 15.5. The number of carbonyl (C=O) groups is 2. The van der Waals surface area contributed by atoms with Gasteiger partial charge in [-0.25, -0.2) is 9.59 Å². The largest absolute Gasteiger partial charge is 0.495 e. The molecule has 29 heavy (non-hydrogen) atoms. The molecular formula is C21H24N2O6. The highest BCUT2D eigenvalue weighted by atomic mass is 16.6. The zero-order chi connectivity index (χ0) is 21.2. The van der Waals surface area contributed by atoms with E-state index in [4.69, 9.17) is 18.9 Å². The second-order valence-corrected chi connectivity index (χ2v) is 7.39. The van der Waals surface area contributed by atoms with Crippen LogP contribution < -0.4 is 20.1 Å². The minimum atomic E-state index is -0.783. The quantitative estimate of drug-likeness (QED) is 0.772. The minimum Gasteiger partial charge on any atom is -0.495 e. The molecule has 0 aromatic heterocycles. The topological polar surface area (TPSA) is 95.1 Å². The predicted octanol–water partition coefficient (Wildman–Crippen LogP) is 4.70. The lowest BCUT2D eigenvalue weighted by atomic mass is 9.96. The van der Waals surface area contributed by atoms with E-state index in [9.17, 15) is 9.59 Å². The number of amides is 2. The van der Waals surface area contributed by atoms with Crippen molar-refractivity contribution >= 4 is 23.6 Å². The molecule has 0 bridgehead atoms. The fourth-order valence-electron chi connectivity index (χ4n) is 3.08. The number of nitrogens with one attached hydrogen (secondary N) is 2. The fraction of sp³-hybridized carbons (Fsp3) is 0.333. The molecule has 154 valence electrons. The molecule has 2 aromatic carbocycles. The maximum absolute atomic E-state index is 12.4. The third-order valence-corrected chi connectivity index (χ3v) is 4.20. The van der Waals surface area contributed by atoms with E-state index in [-0.39, 0.29) is 0 Å². The summed E-state index contributed by atoms with van der Waals surface area (Å²) in [5.74, 6) is 0.918. The molecule has 1 heterocycles. The third-order valence-electron chi connectivity index (χ3n) is 4.20. The van der Waals surface area contributed by atoms with Gasteiger partial charge in [0.1, 0.15) is 17.1 Å². The molecule has 1 aliphatic heterocycles. The molecule has 1 atom stereocenters. The van der Waals surface area contributed by atoms with Crippen LogP contribution in [0.2, 0.25) is 0 Å². The number of ether oxygens (including phenoxy) is 4. The molecule has 0 aliphatic carbocycles. The van der Waals surface area contributed by atoms with Crippen molar-refractivity contribution in [3.8, 4) is 11.5 Å². The lowest BCUT2D eigenvalue weighted by Crippen LogP contribution is -2.29. The summed E-state index contributed by atoms with van der Waals surface area (Å²) in [4.78, 5) is 24.6. The Morgan fingerprint density at radius 1 is 1.03 bits per heavy atom. The van der Waals surface area contributed by atoms with Gasteiger partial charge in [-0.2, -0.15) is 0 Å². The molecule has 0 saturated carbocycles. The molecule has 0 unspecified atom stereocenters. The third kappa shape index (κ3) is 4.37. The van der Waals surface area contributed by atoms with Crippen LogP contribution >= 0.6 is 0 Å². The molecule has 0 saturated heterocycles. The maximum atomic E-state index is 12.4. The van der Waals surface area contributed by atoms with Gasteiger partial charge < -0.3 is 18.9 Å². The van der Waals surface area contributed by atoms with E-state index in [0.717, 1.165) is 0 Å². The molecule has 0 fully saturated rings. The first-order chi connectivity index (χ1) is 13.7. The summed E-state index contributed by atoms with van der Waals surface area (Å²) in [7, 11) is 3.01. The van der Waals surface area contributed by atoms with E-state index in [1.807, 2.05) is 6.07 Å². The Bertz CT molecular complexity index is 935. The van der Waals surface area contributed by atoms with E-state index in [2.05, 4.69) is 10.6 Å². The van der Waals surface area contributed by atoms with Crippen LogP contribution in [-0.2, 0) is 9.47 Å². The maximum Gasteiger partial charge on any atom is 0.412 e. The number of benzene rings is 2. The van der Waals surface area contributed by atoms with Gasteiger partial charge in [-0.3, -0.25) is 10.6 Å². The van der Waals surface area contributed by atoms with Gasteiger partial charge in [-0.1, -0.05) is 24.3 Å². The van der Waals surface area contributed by atoms with E-state index in [1.165, 1.54) is 14.2 Å². The van der Waals surface area contributed by atoms with Crippen LogP contribution in [0.3, 0.4) is 0 Å². The van der Waals surface area contributed by atoms with Gasteiger partial charge in [0.2, 0.25) is 0 Å². The Labute approximate surface area is 169 Å². The highest BCUT2D eigenvalue weighted by molar-refractivity contribution is 5.93. The fourth-order valence-corrected chi connectivity index (χ4v) is 3.08. The van der Waals surface area contributed by atoms with E-state index in [1.54, 1.807) is 51.1 Å². The first kappa shape index (κ1) is 20.3. The second kappa shape index (κ2) is 7.90. The Kier molecular flexibility index (Phi) is 5.54. The average molecular weight is 400 g/mol. The number of anilines is 2. The first-order valence-corrected chi connectivity index (χ1v) is 9.05. The lowest BCUT2D eigenvalue weighted by molar-refractivity contribution is 0.0635. The Morgan fingerprint density at radius 3 is 2.28 bits per heavy atom. The Balaban J connectivity index is 2.08. The highest BCUT2D eigenvalue weighted by Crippen LogP contribution is 2.44. The van der Waals surface area contributed by atoms with Crippen LogP contribution in [0.4, 0.5) is 21.0 Å². The summed E-state index contributed by atoms with van der Waals surface area (Å²) in [6.07, 6.45) is -2.05. The molecule has 2 aromatic rings. The molecule has 0 radical (unpaired) electrons. The van der Waals surface area contributed by atoms with Crippen molar-refractivity contribution in [2.24, 2.45) is 0 Å². The van der Waals surface area contributed by atoms with Crippen LogP contribution in [0, 0.1) is 0 Å². The average Bonchev–Trinajstić information content (AvgIpc) is 2.65. The van der Waals surface area contributed by atoms with Crippen molar-refractivity contribution < 1.29 is 28.5 Å². The Hall–Kier alpha value is -3.42. The molecule has 2 N–H and O–H groups in total. The monoisotopic (exact) mass is 400 g/mol. The first-order valence-electron chi connectivity index (χ1n) is 9.05. The van der Waals surface area contributed by atoms with Crippen LogP contribution in [0.5, 0.6) is 11.5 Å². The van der Waals surface area contributed by atoms with Crippen molar-refractivity contribution in [2.45, 2.75) is 32.5 Å². The molecule has 1 aliphatic rings. The minimum absolute atomic E-state index is 0.359. The molecule has 8 heteroatoms. The SMILES string of the molecule is COc1cccc2c1NC(=O)O[C@H]2c1cccc(OC)c1NC(=O)OC(C)(C)C. The number of fused-ring (bicyclic) bond motifs is 1. The number of cyclic esters (lactones) is 1. The molecule has 3 rings (SSSR count). The van der Waals surface area contributed by atoms with Gasteiger partial charge in [-0.15, -0.1) is 0 Å². The number of carbonyl (C=O) groups excluding carboxylic acids is 2. The summed E-state index contributed by atoms with van der Waals surface area (Å²) in [6, 6.07) is 10.6. The predicted molar refractivity (Wildman–Crippen MR) is 108 cm³/mol. The van der Waals surface area contributed by atoms with Gasteiger partial charge in [0.05, 0.1) is 25.6 Å². The lowest BCUT2D eigenvalue weighted by Gasteiger charge is -2.29. The number of hydrogen-bond donors (Lipinski definition) is 2. The summed E-state index contributed by atoms with van der Waals surface area (Å²) >= 11 is 0. The molecule has 0 spiro atoms. The number of para-hydroxylation sites is 2. The summed E-state index contributed by atoms with van der Waals surface area (Å²) in [6.45, 7) is 5.31. The van der Waals surface area contributed by atoms with Gasteiger partial charge in [0, 0.05) is 11.1 Å². The van der Waals surface area contributed by atoms with E-state index >= 15 is 0 Å². The van der Waals surface area contributed by atoms with Crippen molar-refractivity contribution in [3.63, 3.8) is 0 Å². The zero-order valence-corrected chi connectivity index (χ0v) is 17.0. The smallest absolute Gasteiger partial charge is 0.412 e. The second-order valence-electron chi connectivity index (χ2n) is 7.39. The summed E-state index contributed by atoms with van der Waals surface area (Å²) in [5.41, 5.74) is 1.43. The van der Waals surface area contributed by atoms with E-state index in [0.29, 0.717) is 34.0 Å². The molecular weight excluding hydrogens is 376 g/mol. The van der Waals surface area contributed by atoms with Crippen molar-refractivity contribution in [1.29, 1.82) is 0 Å². The van der Waals surface area contributed by atoms with Crippen molar-refractivity contribution in [2.75, 3.05) is 24.9 Å². The van der Waals surface area contributed by atoms with Gasteiger partial charge in [0.15, 0.2) is 6.10 Å². The number of hydrogen-bond acceptors (Lipinski definition) is 6. The summed E-state index contributed by atoms with van der Waals surface area (Å²) in [5, 5.41) is 5.40. The molecule has 2 amide bonds. The van der Waals surface area contributed by atoms with E-state index < -0.39 is 23.9 Å². The highest BCUT2D eigenvalue weighted by Gasteiger charge is 2.33. The van der Waals surface area contributed by atoms with Gasteiger partial charge >= 0.3 is 12.2 Å². The van der Waals surface area contributed by atoms with Crippen LogP contribution in [-0.4, -0.2) is 32.0 Å². The van der Waals surface area contributed by atoms with Crippen LogP contribution in [0.1, 0.15) is 38.0 Å². The van der Waals surface area contributed by atoms with Gasteiger partial charge in [0.25, 0.3) is 0 Å². The summed E-state index contributed by atoms with van der Waals surface area (Å²) < 4.78 is 21.7. The Morgan fingerprint density at radius 2 is 1.66 bits per heavy atom.